The lowest BCUT2D eigenvalue weighted by atomic mass is 10.2. The summed E-state index contributed by atoms with van der Waals surface area (Å²) in [5.74, 6) is 0. The fourth-order valence-electron chi connectivity index (χ4n) is 2.83. The molecule has 3 rings (SSSR count). The van der Waals surface area contributed by atoms with E-state index in [0.29, 0.717) is 10.2 Å². The zero-order valence-electron chi connectivity index (χ0n) is 16.2. The normalized spacial score (nSPS) is 13.2. The molecule has 0 bridgehead atoms. The van der Waals surface area contributed by atoms with Crippen molar-refractivity contribution in [2.24, 2.45) is 0 Å². The molecule has 3 heterocycles. The average molecular weight is 447 g/mol. The molecule has 3 aromatic heterocycles. The Balaban J connectivity index is 2.25. The molecule has 0 N–H and O–H groups in total. The number of hydrogen-bond donors (Lipinski definition) is 0. The SMILES string of the molecule is CC/C=C(\C=C/C(C)(C)Br)n1cnc2c(sc3nccc(N(C)C)c32)c1=O. The van der Waals surface area contributed by atoms with Gasteiger partial charge < -0.3 is 4.90 Å². The van der Waals surface area contributed by atoms with Crippen molar-refractivity contribution in [3.63, 3.8) is 0 Å². The first-order chi connectivity index (χ1) is 12.7. The summed E-state index contributed by atoms with van der Waals surface area (Å²) >= 11 is 5.00. The minimum absolute atomic E-state index is 0.0653. The minimum atomic E-state index is -0.150. The Morgan fingerprint density at radius 1 is 1.37 bits per heavy atom. The van der Waals surface area contributed by atoms with E-state index in [9.17, 15) is 4.79 Å². The number of halogens is 1. The minimum Gasteiger partial charge on any atom is -0.377 e. The van der Waals surface area contributed by atoms with Crippen LogP contribution in [-0.4, -0.2) is 33.0 Å². The van der Waals surface area contributed by atoms with Gasteiger partial charge in [-0.15, -0.1) is 11.3 Å². The topological polar surface area (TPSA) is 51.0 Å². The lowest BCUT2D eigenvalue weighted by Gasteiger charge is -2.13. The highest BCUT2D eigenvalue weighted by atomic mass is 79.9. The molecule has 0 unspecified atom stereocenters. The molecular weight excluding hydrogens is 424 g/mol. The highest BCUT2D eigenvalue weighted by Gasteiger charge is 2.17. The second-order valence-corrected chi connectivity index (χ2v) is 10.1. The maximum atomic E-state index is 13.2. The van der Waals surface area contributed by atoms with E-state index in [1.165, 1.54) is 11.3 Å². The van der Waals surface area contributed by atoms with Crippen LogP contribution in [-0.2, 0) is 0 Å². The Morgan fingerprint density at radius 3 is 2.74 bits per heavy atom. The summed E-state index contributed by atoms with van der Waals surface area (Å²) in [6, 6.07) is 1.95. The van der Waals surface area contributed by atoms with Crippen LogP contribution in [0.4, 0.5) is 5.69 Å². The third kappa shape index (κ3) is 3.99. The predicted octanol–water partition coefficient (Wildman–Crippen LogP) is 5.05. The van der Waals surface area contributed by atoms with Crippen LogP contribution in [0.3, 0.4) is 0 Å². The summed E-state index contributed by atoms with van der Waals surface area (Å²) in [6.45, 7) is 6.16. The van der Waals surface area contributed by atoms with Crippen LogP contribution in [0.5, 0.6) is 0 Å². The Morgan fingerprint density at radius 2 is 2.11 bits per heavy atom. The molecule has 7 heteroatoms. The number of allylic oxidation sites excluding steroid dienone is 4. The number of hydrogen-bond acceptors (Lipinski definition) is 5. The number of pyridine rings is 1. The Bertz CT molecular complexity index is 1100. The third-order valence-electron chi connectivity index (χ3n) is 4.08. The predicted molar refractivity (Wildman–Crippen MR) is 120 cm³/mol. The smallest absolute Gasteiger partial charge is 0.275 e. The molecule has 0 amide bonds. The van der Waals surface area contributed by atoms with Gasteiger partial charge in [0.15, 0.2) is 0 Å². The van der Waals surface area contributed by atoms with Gasteiger partial charge in [-0.3, -0.25) is 9.36 Å². The van der Waals surface area contributed by atoms with Crippen molar-refractivity contribution in [2.45, 2.75) is 31.5 Å². The molecule has 0 spiro atoms. The van der Waals surface area contributed by atoms with Crippen molar-refractivity contribution < 1.29 is 0 Å². The summed E-state index contributed by atoms with van der Waals surface area (Å²) in [7, 11) is 3.96. The Hall–Kier alpha value is -1.99. The van der Waals surface area contributed by atoms with Gasteiger partial charge in [-0.05, 0) is 32.4 Å². The standard InChI is InChI=1S/C20H23BrN4OS/c1-6-7-13(8-10-20(2,3)21)25-12-23-16-15-14(24(4)5)9-11-22-18(15)27-17(16)19(25)26/h7-12H,6H2,1-5H3/b10-8-,13-7+. The van der Waals surface area contributed by atoms with Gasteiger partial charge in [-0.1, -0.05) is 35.0 Å². The molecule has 0 fully saturated rings. The second kappa shape index (κ2) is 7.56. The Kier molecular flexibility index (Phi) is 5.53. The second-order valence-electron chi connectivity index (χ2n) is 7.04. The lowest BCUT2D eigenvalue weighted by Crippen LogP contribution is -2.19. The van der Waals surface area contributed by atoms with Crippen LogP contribution in [0, 0.1) is 0 Å². The van der Waals surface area contributed by atoms with Gasteiger partial charge in [0, 0.05) is 30.3 Å². The molecule has 5 nitrogen and oxygen atoms in total. The van der Waals surface area contributed by atoms with E-state index in [2.05, 4.69) is 46.7 Å². The maximum Gasteiger partial charge on any atom is 0.275 e. The molecule has 0 aromatic carbocycles. The van der Waals surface area contributed by atoms with Crippen LogP contribution in [0.1, 0.15) is 27.2 Å². The Labute approximate surface area is 171 Å². The number of anilines is 1. The van der Waals surface area contributed by atoms with Gasteiger partial charge in [0.1, 0.15) is 15.9 Å². The van der Waals surface area contributed by atoms with Gasteiger partial charge in [0.05, 0.1) is 16.6 Å². The average Bonchev–Trinajstić information content (AvgIpc) is 2.98. The van der Waals surface area contributed by atoms with E-state index in [-0.39, 0.29) is 9.88 Å². The zero-order chi connectivity index (χ0) is 19.8. The number of nitrogens with zero attached hydrogens (tertiary/aromatic N) is 4. The number of rotatable bonds is 5. The summed E-state index contributed by atoms with van der Waals surface area (Å²) in [6.07, 6.45) is 10.2. The van der Waals surface area contributed by atoms with Crippen molar-refractivity contribution in [3.05, 3.63) is 47.2 Å². The van der Waals surface area contributed by atoms with E-state index >= 15 is 0 Å². The maximum absolute atomic E-state index is 13.2. The fourth-order valence-corrected chi connectivity index (χ4v) is 4.01. The van der Waals surface area contributed by atoms with Crippen molar-refractivity contribution >= 4 is 59.1 Å². The quantitative estimate of drug-likeness (QED) is 0.406. The van der Waals surface area contributed by atoms with Gasteiger partial charge in [-0.25, -0.2) is 9.97 Å². The largest absolute Gasteiger partial charge is 0.377 e. The van der Waals surface area contributed by atoms with Crippen molar-refractivity contribution in [2.75, 3.05) is 19.0 Å². The van der Waals surface area contributed by atoms with E-state index in [1.807, 2.05) is 43.3 Å². The molecular formula is C20H23BrN4OS. The first-order valence-corrected chi connectivity index (χ1v) is 10.4. The first kappa shape index (κ1) is 19.8. The van der Waals surface area contributed by atoms with Gasteiger partial charge >= 0.3 is 0 Å². The molecule has 0 aliphatic rings. The van der Waals surface area contributed by atoms with Crippen LogP contribution in [0.25, 0.3) is 26.1 Å². The van der Waals surface area contributed by atoms with Crippen LogP contribution >= 0.6 is 27.3 Å². The fraction of sp³-hybridized carbons (Fsp3) is 0.350. The third-order valence-corrected chi connectivity index (χ3v) is 5.42. The molecule has 0 atom stereocenters. The molecule has 0 aliphatic heterocycles. The zero-order valence-corrected chi connectivity index (χ0v) is 18.6. The molecule has 27 heavy (non-hydrogen) atoms. The van der Waals surface area contributed by atoms with E-state index in [4.69, 9.17) is 0 Å². The molecule has 0 radical (unpaired) electrons. The summed E-state index contributed by atoms with van der Waals surface area (Å²) in [5.41, 5.74) is 2.49. The lowest BCUT2D eigenvalue weighted by molar-refractivity contribution is 0.916. The highest BCUT2D eigenvalue weighted by molar-refractivity contribution is 9.10. The van der Waals surface area contributed by atoms with Crippen LogP contribution in [0.2, 0.25) is 0 Å². The van der Waals surface area contributed by atoms with Gasteiger partial charge in [0.2, 0.25) is 0 Å². The van der Waals surface area contributed by atoms with E-state index < -0.39 is 0 Å². The monoisotopic (exact) mass is 446 g/mol. The van der Waals surface area contributed by atoms with Crippen molar-refractivity contribution in [1.29, 1.82) is 0 Å². The summed E-state index contributed by atoms with van der Waals surface area (Å²) in [4.78, 5) is 25.2. The number of aromatic nitrogens is 3. The number of thiophene rings is 1. The van der Waals surface area contributed by atoms with Crippen LogP contribution < -0.4 is 10.5 Å². The van der Waals surface area contributed by atoms with E-state index in [0.717, 1.165) is 28.0 Å². The van der Waals surface area contributed by atoms with Crippen LogP contribution in [0.15, 0.2) is 41.6 Å². The van der Waals surface area contributed by atoms with Crippen molar-refractivity contribution in [1.82, 2.24) is 14.5 Å². The first-order valence-electron chi connectivity index (χ1n) is 8.78. The molecule has 0 saturated carbocycles. The van der Waals surface area contributed by atoms with Gasteiger partial charge in [-0.2, -0.15) is 0 Å². The molecule has 0 saturated heterocycles. The van der Waals surface area contributed by atoms with Crippen molar-refractivity contribution in [3.8, 4) is 0 Å². The molecule has 3 aromatic rings. The number of alkyl halides is 1. The summed E-state index contributed by atoms with van der Waals surface area (Å²) < 4.78 is 2.09. The summed E-state index contributed by atoms with van der Waals surface area (Å²) in [5, 5.41) is 0.935. The highest BCUT2D eigenvalue weighted by Crippen LogP contribution is 2.35. The van der Waals surface area contributed by atoms with Gasteiger partial charge in [0.25, 0.3) is 5.56 Å². The van der Waals surface area contributed by atoms with E-state index in [1.54, 1.807) is 17.1 Å². The number of fused-ring (bicyclic) bond motifs is 3. The molecule has 0 aliphatic carbocycles. The molecule has 142 valence electrons.